The lowest BCUT2D eigenvalue weighted by molar-refractivity contribution is 0.0635. The topological polar surface area (TPSA) is 110 Å². The molecule has 8 nitrogen and oxygen atoms in total. The molecule has 4 N–H and O–H groups in total. The predicted octanol–water partition coefficient (Wildman–Crippen LogP) is 3.22. The van der Waals surface area contributed by atoms with Gasteiger partial charge in [-0.05, 0) is 51.5 Å². The lowest BCUT2D eigenvalue weighted by Gasteiger charge is -2.20. The van der Waals surface area contributed by atoms with Crippen molar-refractivity contribution in [2.45, 2.75) is 38.8 Å². The van der Waals surface area contributed by atoms with E-state index < -0.39 is 11.7 Å². The largest absolute Gasteiger partial charge is 0.444 e. The minimum Gasteiger partial charge on any atom is -0.444 e. The molecule has 1 aromatic heterocycles. The maximum Gasteiger partial charge on any atom is 0.412 e. The molecule has 1 saturated heterocycles. The lowest BCUT2D eigenvalue weighted by atomic mass is 10.2. The van der Waals surface area contributed by atoms with Gasteiger partial charge in [-0.1, -0.05) is 12.1 Å². The minimum absolute atomic E-state index is 0.161. The molecular formula is C21H27N5O3. The van der Waals surface area contributed by atoms with E-state index in [0.717, 1.165) is 25.3 Å². The molecule has 8 heteroatoms. The van der Waals surface area contributed by atoms with Crippen LogP contribution < -0.4 is 21.3 Å². The highest BCUT2D eigenvalue weighted by Crippen LogP contribution is 2.23. The molecule has 1 atom stereocenters. The van der Waals surface area contributed by atoms with Crippen molar-refractivity contribution in [2.75, 3.05) is 28.6 Å². The van der Waals surface area contributed by atoms with Crippen LogP contribution in [0.3, 0.4) is 0 Å². The van der Waals surface area contributed by atoms with Gasteiger partial charge in [0.25, 0.3) is 5.91 Å². The van der Waals surface area contributed by atoms with Crippen LogP contribution in [0.1, 0.15) is 37.6 Å². The van der Waals surface area contributed by atoms with Crippen molar-refractivity contribution in [3.63, 3.8) is 0 Å². The minimum atomic E-state index is -0.616. The molecule has 154 valence electrons. The number of aromatic nitrogens is 1. The summed E-state index contributed by atoms with van der Waals surface area (Å²) in [7, 11) is 0. The first-order valence-electron chi connectivity index (χ1n) is 9.58. The van der Waals surface area contributed by atoms with Crippen molar-refractivity contribution in [1.29, 1.82) is 0 Å². The number of rotatable bonds is 4. The SMILES string of the molecule is CC(C)(C)OC(=O)Nc1ccccc1NC(=O)c1ccc(N2CCC(N)C2)nc1. The van der Waals surface area contributed by atoms with Gasteiger partial charge in [-0.3, -0.25) is 10.1 Å². The molecule has 2 heterocycles. The van der Waals surface area contributed by atoms with E-state index in [2.05, 4.69) is 20.5 Å². The van der Waals surface area contributed by atoms with Crippen molar-refractivity contribution in [3.8, 4) is 0 Å². The van der Waals surface area contributed by atoms with E-state index in [9.17, 15) is 9.59 Å². The van der Waals surface area contributed by atoms with Gasteiger partial charge >= 0.3 is 6.09 Å². The van der Waals surface area contributed by atoms with Crippen molar-refractivity contribution >= 4 is 29.2 Å². The number of hydrogen-bond acceptors (Lipinski definition) is 6. The van der Waals surface area contributed by atoms with Gasteiger partial charge in [0, 0.05) is 25.3 Å². The van der Waals surface area contributed by atoms with Crippen LogP contribution >= 0.6 is 0 Å². The highest BCUT2D eigenvalue weighted by atomic mass is 16.6. The zero-order valence-electron chi connectivity index (χ0n) is 16.9. The van der Waals surface area contributed by atoms with E-state index in [1.165, 1.54) is 0 Å². The first-order chi connectivity index (χ1) is 13.7. The highest BCUT2D eigenvalue weighted by Gasteiger charge is 2.21. The summed E-state index contributed by atoms with van der Waals surface area (Å²) in [4.78, 5) is 31.2. The van der Waals surface area contributed by atoms with Gasteiger partial charge in [-0.15, -0.1) is 0 Å². The van der Waals surface area contributed by atoms with E-state index in [4.69, 9.17) is 10.5 Å². The zero-order chi connectivity index (χ0) is 21.0. The number of carbonyl (C=O) groups is 2. The third-order valence-corrected chi connectivity index (χ3v) is 4.37. The van der Waals surface area contributed by atoms with Crippen LogP contribution in [0.15, 0.2) is 42.6 Å². The molecule has 1 fully saturated rings. The third kappa shape index (κ3) is 5.68. The number of pyridine rings is 1. The van der Waals surface area contributed by atoms with Gasteiger partial charge in [0.05, 0.1) is 16.9 Å². The molecule has 1 unspecified atom stereocenters. The van der Waals surface area contributed by atoms with Gasteiger partial charge in [0.2, 0.25) is 0 Å². The number of para-hydroxylation sites is 2. The second kappa shape index (κ2) is 8.48. The van der Waals surface area contributed by atoms with Gasteiger partial charge in [-0.2, -0.15) is 0 Å². The van der Waals surface area contributed by atoms with Crippen molar-refractivity contribution in [2.24, 2.45) is 5.73 Å². The Kier molecular flexibility index (Phi) is 6.03. The standard InChI is InChI=1S/C21H27N5O3/c1-21(2,3)29-20(28)25-17-7-5-4-6-16(17)24-19(27)14-8-9-18(23-12-14)26-11-10-15(22)13-26/h4-9,12,15H,10-11,13,22H2,1-3H3,(H,24,27)(H,25,28). The van der Waals surface area contributed by atoms with Gasteiger partial charge in [-0.25, -0.2) is 9.78 Å². The maximum atomic E-state index is 12.6. The first kappa shape index (κ1) is 20.6. The van der Waals surface area contributed by atoms with Crippen LogP contribution in [0.5, 0.6) is 0 Å². The summed E-state index contributed by atoms with van der Waals surface area (Å²) in [6.45, 7) is 6.98. The van der Waals surface area contributed by atoms with E-state index >= 15 is 0 Å². The van der Waals surface area contributed by atoms with Crippen molar-refractivity contribution in [3.05, 3.63) is 48.2 Å². The fourth-order valence-corrected chi connectivity index (χ4v) is 3.01. The zero-order valence-corrected chi connectivity index (χ0v) is 16.9. The number of hydrogen-bond donors (Lipinski definition) is 3. The number of carbonyl (C=O) groups excluding carboxylic acids is 2. The van der Waals surface area contributed by atoms with Crippen molar-refractivity contribution < 1.29 is 14.3 Å². The number of nitrogens with one attached hydrogen (secondary N) is 2. The molecule has 1 aliphatic heterocycles. The van der Waals surface area contributed by atoms with Crippen LogP contribution in [-0.4, -0.2) is 41.7 Å². The van der Waals surface area contributed by atoms with Gasteiger partial charge in [0.1, 0.15) is 11.4 Å². The summed E-state index contributed by atoms with van der Waals surface area (Å²) in [6, 6.07) is 10.6. The molecule has 2 aromatic rings. The summed E-state index contributed by atoms with van der Waals surface area (Å²) in [6.07, 6.45) is 1.89. The fraction of sp³-hybridized carbons (Fsp3) is 0.381. The second-order valence-electron chi connectivity index (χ2n) is 8.03. The maximum absolute atomic E-state index is 12.6. The number of ether oxygens (including phenoxy) is 1. The van der Waals surface area contributed by atoms with Crippen LogP contribution in [0.4, 0.5) is 22.0 Å². The summed E-state index contributed by atoms with van der Waals surface area (Å²) in [5, 5.41) is 5.47. The van der Waals surface area contributed by atoms with E-state index in [1.54, 1.807) is 57.3 Å². The Hall–Kier alpha value is -3.13. The van der Waals surface area contributed by atoms with Crippen LogP contribution in [0, 0.1) is 0 Å². The monoisotopic (exact) mass is 397 g/mol. The van der Waals surface area contributed by atoms with Crippen LogP contribution in [0.2, 0.25) is 0 Å². The Balaban J connectivity index is 1.67. The molecule has 0 spiro atoms. The van der Waals surface area contributed by atoms with E-state index in [0.29, 0.717) is 16.9 Å². The molecule has 2 amide bonds. The van der Waals surface area contributed by atoms with E-state index in [1.807, 2.05) is 6.07 Å². The van der Waals surface area contributed by atoms with Crippen molar-refractivity contribution in [1.82, 2.24) is 4.98 Å². The highest BCUT2D eigenvalue weighted by molar-refractivity contribution is 6.06. The Morgan fingerprint density at radius 2 is 1.83 bits per heavy atom. The quantitative estimate of drug-likeness (QED) is 0.731. The summed E-state index contributed by atoms with van der Waals surface area (Å²) in [5.74, 6) is 0.488. The smallest absolute Gasteiger partial charge is 0.412 e. The Morgan fingerprint density at radius 3 is 2.38 bits per heavy atom. The van der Waals surface area contributed by atoms with Crippen LogP contribution in [-0.2, 0) is 4.74 Å². The molecule has 1 aromatic carbocycles. The number of benzene rings is 1. The predicted molar refractivity (Wildman–Crippen MR) is 113 cm³/mol. The molecule has 29 heavy (non-hydrogen) atoms. The average Bonchev–Trinajstić information content (AvgIpc) is 3.08. The number of anilines is 3. The summed E-state index contributed by atoms with van der Waals surface area (Å²) < 4.78 is 5.27. The van der Waals surface area contributed by atoms with Gasteiger partial charge in [0.15, 0.2) is 0 Å². The number of nitrogens with zero attached hydrogens (tertiary/aromatic N) is 2. The molecule has 0 radical (unpaired) electrons. The first-order valence-corrected chi connectivity index (χ1v) is 9.58. The lowest BCUT2D eigenvalue weighted by Crippen LogP contribution is -2.27. The number of nitrogens with two attached hydrogens (primary N) is 1. The molecular weight excluding hydrogens is 370 g/mol. The summed E-state index contributed by atoms with van der Waals surface area (Å²) in [5.41, 5.74) is 6.66. The fourth-order valence-electron chi connectivity index (χ4n) is 3.01. The van der Waals surface area contributed by atoms with Crippen LogP contribution in [0.25, 0.3) is 0 Å². The Bertz CT molecular complexity index is 877. The van der Waals surface area contributed by atoms with E-state index in [-0.39, 0.29) is 11.9 Å². The summed E-state index contributed by atoms with van der Waals surface area (Å²) >= 11 is 0. The second-order valence-corrected chi connectivity index (χ2v) is 8.03. The molecule has 0 bridgehead atoms. The third-order valence-electron chi connectivity index (χ3n) is 4.37. The number of amides is 2. The molecule has 0 aliphatic carbocycles. The molecule has 3 rings (SSSR count). The normalized spacial score (nSPS) is 16.4. The molecule has 0 saturated carbocycles. The Morgan fingerprint density at radius 1 is 1.14 bits per heavy atom. The molecule has 1 aliphatic rings. The van der Waals surface area contributed by atoms with Gasteiger partial charge < -0.3 is 20.7 Å². The average molecular weight is 397 g/mol. The Labute approximate surface area is 170 Å².